The second-order valence-corrected chi connectivity index (χ2v) is 8.92. The van der Waals surface area contributed by atoms with Crippen LogP contribution in [0.5, 0.6) is 0 Å². The van der Waals surface area contributed by atoms with E-state index in [-0.39, 0.29) is 16.9 Å². The number of aliphatic hydroxyl groups is 1. The summed E-state index contributed by atoms with van der Waals surface area (Å²) in [7, 11) is 0. The van der Waals surface area contributed by atoms with Gasteiger partial charge in [-0.3, -0.25) is 14.8 Å². The molecule has 4 heteroatoms. The van der Waals surface area contributed by atoms with Gasteiger partial charge in [-0.25, -0.2) is 0 Å². The van der Waals surface area contributed by atoms with E-state index in [0.717, 1.165) is 26.2 Å². The molecule has 1 aromatic heterocycles. The molecular formula is C19H31N3O+2. The van der Waals surface area contributed by atoms with E-state index >= 15 is 0 Å². The molecule has 3 N–H and O–H groups in total. The van der Waals surface area contributed by atoms with Gasteiger partial charge in [0.25, 0.3) is 0 Å². The van der Waals surface area contributed by atoms with Gasteiger partial charge in [0.05, 0.1) is 48.7 Å². The van der Waals surface area contributed by atoms with Gasteiger partial charge in [-0.2, -0.15) is 0 Å². The average molecular weight is 317 g/mol. The number of hydrogen-bond acceptors (Lipinski definition) is 2. The third kappa shape index (κ3) is 1.92. The number of aliphatic hydroxyl groups excluding tert-OH is 1. The molecule has 5 heterocycles. The van der Waals surface area contributed by atoms with Crippen molar-refractivity contribution in [1.29, 1.82) is 0 Å². The number of pyridine rings is 1. The summed E-state index contributed by atoms with van der Waals surface area (Å²) in [6.07, 6.45) is 4.25. The van der Waals surface area contributed by atoms with Crippen LogP contribution in [0.15, 0.2) is 24.5 Å². The molecular weight excluding hydrogens is 286 g/mol. The summed E-state index contributed by atoms with van der Waals surface area (Å²) in [6.45, 7) is 13.6. The van der Waals surface area contributed by atoms with Crippen molar-refractivity contribution >= 4 is 0 Å². The van der Waals surface area contributed by atoms with Crippen molar-refractivity contribution in [2.45, 2.75) is 40.0 Å². The van der Waals surface area contributed by atoms with E-state index in [4.69, 9.17) is 0 Å². The standard InChI is InChI=1S/C19H29N3O/c1-13(2)18-9-21-11-19(14(3)4,17(18)23)12-22(10-18)16(21)15-6-5-7-20-8-15/h5-8,13-14,16-17,23H,9-12H2,1-4H3/p+2. The fraction of sp³-hybridized carbons (Fsp3) is 0.737. The minimum absolute atomic E-state index is 0.0736. The summed E-state index contributed by atoms with van der Waals surface area (Å²) in [5.74, 6) is 1.05. The smallest absolute Gasteiger partial charge is 0.241 e. The van der Waals surface area contributed by atoms with Gasteiger partial charge in [0.1, 0.15) is 0 Å². The Morgan fingerprint density at radius 3 is 1.96 bits per heavy atom. The molecule has 5 rings (SSSR count). The Hall–Kier alpha value is -0.970. The number of quaternary nitrogens is 2. The zero-order chi connectivity index (χ0) is 16.4. The number of rotatable bonds is 3. The fourth-order valence-electron chi connectivity index (χ4n) is 6.06. The summed E-state index contributed by atoms with van der Waals surface area (Å²) >= 11 is 0. The lowest BCUT2D eigenvalue weighted by molar-refractivity contribution is -1.19. The van der Waals surface area contributed by atoms with Crippen molar-refractivity contribution in [1.82, 2.24) is 4.98 Å². The van der Waals surface area contributed by atoms with Gasteiger partial charge in [0.2, 0.25) is 6.17 Å². The van der Waals surface area contributed by atoms with Crippen LogP contribution in [0.1, 0.15) is 39.4 Å². The molecule has 0 spiro atoms. The second-order valence-electron chi connectivity index (χ2n) is 8.92. The Bertz CT molecular complexity index is 542. The fourth-order valence-corrected chi connectivity index (χ4v) is 6.06. The normalized spacial score (nSPS) is 45.2. The molecule has 0 saturated carbocycles. The van der Waals surface area contributed by atoms with Gasteiger partial charge in [0.15, 0.2) is 0 Å². The van der Waals surface area contributed by atoms with E-state index in [1.165, 1.54) is 5.56 Å². The molecule has 126 valence electrons. The summed E-state index contributed by atoms with van der Waals surface area (Å²) in [5.41, 5.74) is 1.51. The summed E-state index contributed by atoms with van der Waals surface area (Å²) < 4.78 is 0. The number of nitrogens with zero attached hydrogens (tertiary/aromatic N) is 1. The number of aromatic nitrogens is 1. The predicted octanol–water partition coefficient (Wildman–Crippen LogP) is -0.463. The van der Waals surface area contributed by atoms with Crippen LogP contribution >= 0.6 is 0 Å². The van der Waals surface area contributed by atoms with E-state index in [1.54, 1.807) is 9.80 Å². The molecule has 1 aromatic rings. The molecule has 4 bridgehead atoms. The van der Waals surface area contributed by atoms with Crippen LogP contribution in [-0.4, -0.2) is 42.4 Å². The Balaban J connectivity index is 1.78. The maximum Gasteiger partial charge on any atom is 0.241 e. The lowest BCUT2D eigenvalue weighted by Crippen LogP contribution is -3.41. The largest absolute Gasteiger partial charge is 0.391 e. The minimum atomic E-state index is -0.155. The molecule has 4 aliphatic heterocycles. The predicted molar refractivity (Wildman–Crippen MR) is 88.9 cm³/mol. The molecule has 23 heavy (non-hydrogen) atoms. The van der Waals surface area contributed by atoms with Crippen molar-refractivity contribution in [2.24, 2.45) is 22.7 Å². The minimum Gasteiger partial charge on any atom is -0.391 e. The number of nitrogens with one attached hydrogen (secondary N) is 2. The summed E-state index contributed by atoms with van der Waals surface area (Å²) in [5, 5.41) is 11.4. The third-order valence-electron chi connectivity index (χ3n) is 7.45. The average Bonchev–Trinajstić information content (AvgIpc) is 2.51. The molecule has 4 saturated heterocycles. The SMILES string of the molecule is CC(C)C12C[NH+]3CC(C(C)C)(C[NH+](C1)C3c1cccnc1)C2O. The van der Waals surface area contributed by atoms with Crippen LogP contribution < -0.4 is 9.80 Å². The highest BCUT2D eigenvalue weighted by Gasteiger charge is 2.72. The first-order valence-corrected chi connectivity index (χ1v) is 9.18. The van der Waals surface area contributed by atoms with E-state index < -0.39 is 0 Å². The molecule has 4 fully saturated rings. The zero-order valence-corrected chi connectivity index (χ0v) is 14.8. The highest BCUT2D eigenvalue weighted by molar-refractivity contribution is 5.13. The van der Waals surface area contributed by atoms with Gasteiger partial charge in [0, 0.05) is 12.4 Å². The van der Waals surface area contributed by atoms with Gasteiger partial charge in [-0.15, -0.1) is 0 Å². The monoisotopic (exact) mass is 317 g/mol. The Morgan fingerprint density at radius 1 is 1.04 bits per heavy atom. The molecule has 0 aromatic carbocycles. The van der Waals surface area contributed by atoms with Crippen molar-refractivity contribution in [3.8, 4) is 0 Å². The van der Waals surface area contributed by atoms with E-state index in [9.17, 15) is 5.11 Å². The van der Waals surface area contributed by atoms with Gasteiger partial charge in [-0.1, -0.05) is 27.7 Å². The molecule has 4 nitrogen and oxygen atoms in total. The Labute approximate surface area is 139 Å². The Kier molecular flexibility index (Phi) is 3.39. The van der Waals surface area contributed by atoms with Crippen LogP contribution in [0, 0.1) is 22.7 Å². The first kappa shape index (κ1) is 15.6. The third-order valence-corrected chi connectivity index (χ3v) is 7.45. The Morgan fingerprint density at radius 2 is 1.57 bits per heavy atom. The van der Waals surface area contributed by atoms with Crippen molar-refractivity contribution < 1.29 is 14.9 Å². The lowest BCUT2D eigenvalue weighted by Gasteiger charge is -2.66. The quantitative estimate of drug-likeness (QED) is 0.706. The first-order valence-electron chi connectivity index (χ1n) is 9.18. The van der Waals surface area contributed by atoms with Crippen LogP contribution in [0.25, 0.3) is 0 Å². The van der Waals surface area contributed by atoms with Crippen LogP contribution in [0.4, 0.5) is 0 Å². The number of hydrogen-bond donors (Lipinski definition) is 3. The topological polar surface area (TPSA) is 42.0 Å². The van der Waals surface area contributed by atoms with Crippen molar-refractivity contribution in [3.63, 3.8) is 0 Å². The molecule has 0 unspecified atom stereocenters. The molecule has 4 aliphatic rings. The van der Waals surface area contributed by atoms with Crippen molar-refractivity contribution in [2.75, 3.05) is 26.2 Å². The summed E-state index contributed by atoms with van der Waals surface area (Å²) in [4.78, 5) is 7.69. The van der Waals surface area contributed by atoms with Gasteiger partial charge >= 0.3 is 0 Å². The molecule has 0 aliphatic carbocycles. The lowest BCUT2D eigenvalue weighted by atomic mass is 9.52. The van der Waals surface area contributed by atoms with Gasteiger partial charge in [-0.05, 0) is 24.0 Å². The number of piperidine rings is 2. The first-order chi connectivity index (χ1) is 10.9. The van der Waals surface area contributed by atoms with Crippen molar-refractivity contribution in [3.05, 3.63) is 30.1 Å². The molecule has 0 radical (unpaired) electrons. The highest BCUT2D eigenvalue weighted by Crippen LogP contribution is 2.48. The van der Waals surface area contributed by atoms with E-state index in [1.807, 2.05) is 12.4 Å². The second kappa shape index (κ2) is 5.01. The van der Waals surface area contributed by atoms with Gasteiger partial charge < -0.3 is 5.11 Å². The van der Waals surface area contributed by atoms with Crippen LogP contribution in [-0.2, 0) is 0 Å². The maximum atomic E-state index is 11.4. The maximum absolute atomic E-state index is 11.4. The van der Waals surface area contributed by atoms with Crippen LogP contribution in [0.2, 0.25) is 0 Å². The van der Waals surface area contributed by atoms with E-state index in [2.05, 4.69) is 44.8 Å². The highest BCUT2D eigenvalue weighted by atomic mass is 16.3. The molecule has 0 amide bonds. The van der Waals surface area contributed by atoms with Crippen LogP contribution in [0.3, 0.4) is 0 Å². The van der Waals surface area contributed by atoms with E-state index in [0.29, 0.717) is 18.0 Å². The molecule has 0 atom stereocenters. The summed E-state index contributed by atoms with van der Waals surface area (Å²) in [6, 6.07) is 4.30. The zero-order valence-electron chi connectivity index (χ0n) is 14.8.